The summed E-state index contributed by atoms with van der Waals surface area (Å²) in [7, 11) is 0. The average molecular weight is 583 g/mol. The van der Waals surface area contributed by atoms with E-state index in [0.717, 1.165) is 0 Å². The van der Waals surface area contributed by atoms with E-state index < -0.39 is 71.8 Å². The predicted molar refractivity (Wildman–Crippen MR) is 153 cm³/mol. The van der Waals surface area contributed by atoms with Crippen LogP contribution in [0.25, 0.3) is 0 Å². The minimum Gasteiger partial charge on any atom is -0.480 e. The van der Waals surface area contributed by atoms with Crippen molar-refractivity contribution in [3.63, 3.8) is 0 Å². The smallest absolute Gasteiger partial charge is 0.326 e. The molecule has 0 aromatic heterocycles. The fourth-order valence-electron chi connectivity index (χ4n) is 4.53. The molecule has 1 heterocycles. The highest BCUT2D eigenvalue weighted by atomic mass is 16.4. The molecule has 1 rings (SSSR count). The molecule has 0 bridgehead atoms. The first-order chi connectivity index (χ1) is 19.0. The van der Waals surface area contributed by atoms with E-state index in [-0.39, 0.29) is 17.8 Å². The first-order valence-electron chi connectivity index (χ1n) is 14.5. The van der Waals surface area contributed by atoms with Crippen molar-refractivity contribution in [1.29, 1.82) is 0 Å². The first kappa shape index (κ1) is 35.8. The summed E-state index contributed by atoms with van der Waals surface area (Å²) < 4.78 is 0. The van der Waals surface area contributed by atoms with Gasteiger partial charge in [-0.1, -0.05) is 41.5 Å². The molecule has 0 unspecified atom stereocenters. The van der Waals surface area contributed by atoms with Gasteiger partial charge in [-0.25, -0.2) is 4.79 Å². The Morgan fingerprint density at radius 3 is 1.68 bits per heavy atom. The van der Waals surface area contributed by atoms with Crippen LogP contribution < -0.4 is 27.0 Å². The zero-order valence-corrected chi connectivity index (χ0v) is 25.7. The number of carbonyl (C=O) groups is 6. The zero-order chi connectivity index (χ0) is 31.6. The van der Waals surface area contributed by atoms with Crippen LogP contribution in [0, 0.1) is 17.8 Å². The number of hydrogen-bond acceptors (Lipinski definition) is 7. The molecule has 0 aliphatic carbocycles. The average Bonchev–Trinajstić information content (AvgIpc) is 3.36. The molecule has 0 spiro atoms. The third-order valence-corrected chi connectivity index (χ3v) is 7.01. The lowest BCUT2D eigenvalue weighted by Gasteiger charge is -2.29. The largest absolute Gasteiger partial charge is 0.480 e. The Hall–Kier alpha value is -3.22. The van der Waals surface area contributed by atoms with E-state index >= 15 is 0 Å². The third-order valence-electron chi connectivity index (χ3n) is 7.01. The maximum absolute atomic E-state index is 13.2. The van der Waals surface area contributed by atoms with Crippen molar-refractivity contribution in [3.8, 4) is 0 Å². The number of hydrogen-bond donors (Lipinski definition) is 6. The Bertz CT molecular complexity index is 954. The summed E-state index contributed by atoms with van der Waals surface area (Å²) in [6.07, 6.45) is 1.55. The number of nitrogens with one attached hydrogen (secondary N) is 4. The van der Waals surface area contributed by atoms with Gasteiger partial charge in [0.1, 0.15) is 30.2 Å². The molecule has 6 atom stereocenters. The van der Waals surface area contributed by atoms with Crippen LogP contribution in [0.5, 0.6) is 0 Å². The molecule has 234 valence electrons. The van der Waals surface area contributed by atoms with Crippen molar-refractivity contribution in [2.75, 3.05) is 6.54 Å². The topological polar surface area (TPSA) is 200 Å². The number of rotatable bonds is 15. The van der Waals surface area contributed by atoms with Gasteiger partial charge in [-0.3, -0.25) is 24.0 Å². The van der Waals surface area contributed by atoms with Crippen LogP contribution in [0.4, 0.5) is 0 Å². The predicted octanol–water partition coefficient (Wildman–Crippen LogP) is 0.117. The Kier molecular flexibility index (Phi) is 14.2. The van der Waals surface area contributed by atoms with Crippen LogP contribution in [0.2, 0.25) is 0 Å². The molecule has 1 aliphatic rings. The first-order valence-corrected chi connectivity index (χ1v) is 14.5. The molecule has 13 nitrogen and oxygen atoms in total. The molecule has 0 saturated carbocycles. The summed E-state index contributed by atoms with van der Waals surface area (Å²) in [5.41, 5.74) is 5.91. The highest BCUT2D eigenvalue weighted by Crippen LogP contribution is 2.20. The van der Waals surface area contributed by atoms with Gasteiger partial charge in [-0.2, -0.15) is 0 Å². The van der Waals surface area contributed by atoms with E-state index in [2.05, 4.69) is 21.3 Å². The van der Waals surface area contributed by atoms with E-state index in [4.69, 9.17) is 5.73 Å². The number of carbonyl (C=O) groups excluding carboxylic acids is 5. The maximum Gasteiger partial charge on any atom is 0.326 e. The van der Waals surface area contributed by atoms with Crippen molar-refractivity contribution in [2.45, 2.75) is 117 Å². The van der Waals surface area contributed by atoms with Gasteiger partial charge in [0.25, 0.3) is 0 Å². The van der Waals surface area contributed by atoms with Gasteiger partial charge >= 0.3 is 5.97 Å². The standard InChI is InChI=1S/C28H50N6O7/c1-14(2)12-19(32-26(38)22(29)16(5)6)25(37)31-17(7)23(35)30-18(8)24(36)33-20(13-15(3)4)27(39)34-11-9-10-21(34)28(40)41/h14-22H,9-13,29H2,1-8H3,(H,30,35)(H,31,37)(H,32,38)(H,33,36)(H,40,41)/t17-,18-,19-,20-,21-,22-/m0/s1. The number of amides is 5. The molecule has 0 radical (unpaired) electrons. The summed E-state index contributed by atoms with van der Waals surface area (Å²) in [5.74, 6) is -3.83. The van der Waals surface area contributed by atoms with Crippen LogP contribution in [0.1, 0.15) is 81.1 Å². The van der Waals surface area contributed by atoms with Gasteiger partial charge in [0.2, 0.25) is 29.5 Å². The molecule has 5 amide bonds. The summed E-state index contributed by atoms with van der Waals surface area (Å²) in [5, 5.41) is 19.9. The molecule has 0 aromatic rings. The molecule has 7 N–H and O–H groups in total. The van der Waals surface area contributed by atoms with Crippen LogP contribution in [0.3, 0.4) is 0 Å². The second kappa shape index (κ2) is 16.3. The lowest BCUT2D eigenvalue weighted by molar-refractivity contribution is -0.149. The van der Waals surface area contributed by atoms with E-state index in [1.54, 1.807) is 13.8 Å². The summed E-state index contributed by atoms with van der Waals surface area (Å²) in [6.45, 7) is 14.4. The number of aliphatic carboxylic acids is 1. The fourth-order valence-corrected chi connectivity index (χ4v) is 4.53. The minimum atomic E-state index is -1.08. The molecule has 41 heavy (non-hydrogen) atoms. The zero-order valence-electron chi connectivity index (χ0n) is 25.7. The monoisotopic (exact) mass is 582 g/mol. The highest BCUT2D eigenvalue weighted by Gasteiger charge is 2.38. The van der Waals surface area contributed by atoms with Crippen molar-refractivity contribution >= 4 is 35.5 Å². The Morgan fingerprint density at radius 1 is 0.732 bits per heavy atom. The fraction of sp³-hybridized carbons (Fsp3) is 0.786. The van der Waals surface area contributed by atoms with Crippen LogP contribution >= 0.6 is 0 Å². The Balaban J connectivity index is 2.83. The Morgan fingerprint density at radius 2 is 1.20 bits per heavy atom. The molecule has 0 aromatic carbocycles. The molecular formula is C28H50N6O7. The lowest BCUT2D eigenvalue weighted by atomic mass is 10.0. The normalized spacial score (nSPS) is 18.8. The number of carboxylic acid groups (broad SMARTS) is 1. The molecular weight excluding hydrogens is 532 g/mol. The van der Waals surface area contributed by atoms with Crippen molar-refractivity contribution < 1.29 is 33.9 Å². The van der Waals surface area contributed by atoms with E-state index in [1.165, 1.54) is 18.7 Å². The minimum absolute atomic E-state index is 0.0321. The number of nitrogens with zero attached hydrogens (tertiary/aromatic N) is 1. The molecule has 1 aliphatic heterocycles. The third kappa shape index (κ3) is 11.3. The van der Waals surface area contributed by atoms with Gasteiger partial charge in [0.15, 0.2) is 0 Å². The van der Waals surface area contributed by atoms with Crippen LogP contribution in [-0.2, 0) is 28.8 Å². The summed E-state index contributed by atoms with van der Waals surface area (Å²) in [6, 6.07) is -5.64. The maximum atomic E-state index is 13.2. The van der Waals surface area contributed by atoms with Crippen LogP contribution in [-0.4, -0.2) is 88.3 Å². The Labute approximate surface area is 243 Å². The molecule has 1 fully saturated rings. The van der Waals surface area contributed by atoms with Gasteiger partial charge in [-0.15, -0.1) is 0 Å². The van der Waals surface area contributed by atoms with Crippen LogP contribution in [0.15, 0.2) is 0 Å². The van der Waals surface area contributed by atoms with Crippen molar-refractivity contribution in [1.82, 2.24) is 26.2 Å². The lowest BCUT2D eigenvalue weighted by Crippen LogP contribution is -2.58. The van der Waals surface area contributed by atoms with E-state index in [9.17, 15) is 33.9 Å². The number of carboxylic acids is 1. The van der Waals surface area contributed by atoms with Gasteiger partial charge in [0, 0.05) is 6.54 Å². The van der Waals surface area contributed by atoms with E-state index in [0.29, 0.717) is 32.2 Å². The second-order valence-electron chi connectivity index (χ2n) is 12.1. The van der Waals surface area contributed by atoms with Gasteiger partial charge in [0.05, 0.1) is 6.04 Å². The number of nitrogens with two attached hydrogens (primary N) is 1. The summed E-state index contributed by atoms with van der Waals surface area (Å²) in [4.78, 5) is 77.2. The van der Waals surface area contributed by atoms with Crippen molar-refractivity contribution in [3.05, 3.63) is 0 Å². The molecule has 1 saturated heterocycles. The number of likely N-dealkylation sites (tertiary alicyclic amines) is 1. The quantitative estimate of drug-likeness (QED) is 0.156. The second-order valence-corrected chi connectivity index (χ2v) is 12.1. The van der Waals surface area contributed by atoms with E-state index in [1.807, 2.05) is 27.7 Å². The van der Waals surface area contributed by atoms with Gasteiger partial charge < -0.3 is 37.0 Å². The molecule has 13 heteroatoms. The summed E-state index contributed by atoms with van der Waals surface area (Å²) >= 11 is 0. The highest BCUT2D eigenvalue weighted by molar-refractivity contribution is 5.96. The van der Waals surface area contributed by atoms with Crippen molar-refractivity contribution in [2.24, 2.45) is 23.5 Å². The SMILES string of the molecule is CC(C)C[C@H](NC(=O)[C@@H](N)C(C)C)C(=O)N[C@@H](C)C(=O)N[C@@H](C)C(=O)N[C@@H](CC(C)C)C(=O)N1CCC[C@H]1C(=O)O. The van der Waals surface area contributed by atoms with Gasteiger partial charge in [-0.05, 0) is 57.3 Å².